The Morgan fingerprint density at radius 3 is 2.24 bits per heavy atom. The van der Waals surface area contributed by atoms with E-state index in [0.29, 0.717) is 10.7 Å². The second kappa shape index (κ2) is 10.3. The summed E-state index contributed by atoms with van der Waals surface area (Å²) >= 11 is 7.36. The van der Waals surface area contributed by atoms with Gasteiger partial charge in [0.2, 0.25) is 5.91 Å². The van der Waals surface area contributed by atoms with Crippen molar-refractivity contribution in [2.24, 2.45) is 0 Å². The van der Waals surface area contributed by atoms with Gasteiger partial charge in [0.25, 0.3) is 0 Å². The molecule has 186 valence electrons. The standard InChI is InChI=1S/C28H19ClF3N3OS/c29-21-16-15-19(28(30,31)32)17-23(21)33-26(36)25(18-9-3-1-4-10-18)37-27-34-22-13-7-8-14-24(22)35(27)20-11-5-2-6-12-20/h1-17,25H,(H,33,36). The number of halogens is 4. The number of amides is 1. The fourth-order valence-corrected chi connectivity index (χ4v) is 5.21. The molecule has 0 saturated heterocycles. The fourth-order valence-electron chi connectivity index (χ4n) is 3.91. The van der Waals surface area contributed by atoms with Crippen LogP contribution in [0.4, 0.5) is 18.9 Å². The molecule has 9 heteroatoms. The minimum absolute atomic E-state index is 0.00897. The molecule has 37 heavy (non-hydrogen) atoms. The van der Waals surface area contributed by atoms with Gasteiger partial charge in [-0.2, -0.15) is 13.2 Å². The van der Waals surface area contributed by atoms with Crippen LogP contribution < -0.4 is 5.32 Å². The maximum Gasteiger partial charge on any atom is 0.416 e. The lowest BCUT2D eigenvalue weighted by molar-refractivity contribution is -0.137. The third kappa shape index (κ3) is 5.35. The Labute approximate surface area is 220 Å². The van der Waals surface area contributed by atoms with E-state index in [1.165, 1.54) is 11.8 Å². The van der Waals surface area contributed by atoms with E-state index in [-0.39, 0.29) is 10.7 Å². The Bertz CT molecular complexity index is 1560. The highest BCUT2D eigenvalue weighted by molar-refractivity contribution is 8.00. The molecule has 0 spiro atoms. The number of alkyl halides is 3. The van der Waals surface area contributed by atoms with Crippen molar-refractivity contribution in [2.75, 3.05) is 5.32 Å². The number of anilines is 1. The van der Waals surface area contributed by atoms with Gasteiger partial charge >= 0.3 is 6.18 Å². The van der Waals surface area contributed by atoms with Crippen molar-refractivity contribution in [3.05, 3.63) is 119 Å². The van der Waals surface area contributed by atoms with E-state index in [4.69, 9.17) is 16.6 Å². The zero-order chi connectivity index (χ0) is 26.0. The monoisotopic (exact) mass is 537 g/mol. The molecule has 1 amide bonds. The van der Waals surface area contributed by atoms with Gasteiger partial charge < -0.3 is 5.32 Å². The zero-order valence-electron chi connectivity index (χ0n) is 19.1. The molecule has 5 aromatic rings. The topological polar surface area (TPSA) is 46.9 Å². The van der Waals surface area contributed by atoms with Gasteiger partial charge in [-0.1, -0.05) is 84.0 Å². The molecular formula is C28H19ClF3N3OS. The maximum absolute atomic E-state index is 13.6. The summed E-state index contributed by atoms with van der Waals surface area (Å²) in [6.07, 6.45) is -4.57. The Morgan fingerprint density at radius 1 is 0.892 bits per heavy atom. The van der Waals surface area contributed by atoms with Crippen LogP contribution in [-0.2, 0) is 11.0 Å². The number of imidazole rings is 1. The third-order valence-electron chi connectivity index (χ3n) is 5.66. The molecule has 0 saturated carbocycles. The van der Waals surface area contributed by atoms with Gasteiger partial charge in [-0.3, -0.25) is 9.36 Å². The van der Waals surface area contributed by atoms with Crippen molar-refractivity contribution in [1.29, 1.82) is 0 Å². The average Bonchev–Trinajstić information content (AvgIpc) is 3.27. The number of nitrogens with zero attached hydrogens (tertiary/aromatic N) is 2. The molecule has 4 nitrogen and oxygen atoms in total. The van der Waals surface area contributed by atoms with Crippen molar-refractivity contribution in [2.45, 2.75) is 16.6 Å². The highest BCUT2D eigenvalue weighted by atomic mass is 35.5. The second-order valence-electron chi connectivity index (χ2n) is 8.14. The van der Waals surface area contributed by atoms with E-state index in [2.05, 4.69) is 5.32 Å². The first-order valence-corrected chi connectivity index (χ1v) is 12.5. The third-order valence-corrected chi connectivity index (χ3v) is 7.20. The minimum Gasteiger partial charge on any atom is -0.323 e. The summed E-state index contributed by atoms with van der Waals surface area (Å²) in [5.74, 6) is -0.524. The van der Waals surface area contributed by atoms with E-state index in [0.717, 1.165) is 34.9 Å². The summed E-state index contributed by atoms with van der Waals surface area (Å²) in [7, 11) is 0. The molecule has 0 bridgehead atoms. The summed E-state index contributed by atoms with van der Waals surface area (Å²) in [4.78, 5) is 18.4. The number of aromatic nitrogens is 2. The van der Waals surface area contributed by atoms with Crippen molar-refractivity contribution < 1.29 is 18.0 Å². The smallest absolute Gasteiger partial charge is 0.323 e. The predicted molar refractivity (Wildman–Crippen MR) is 141 cm³/mol. The molecule has 1 aromatic heterocycles. The van der Waals surface area contributed by atoms with Crippen LogP contribution in [0.1, 0.15) is 16.4 Å². The lowest BCUT2D eigenvalue weighted by atomic mass is 10.1. The summed E-state index contributed by atoms with van der Waals surface area (Å²) < 4.78 is 41.8. The Balaban J connectivity index is 1.56. The first-order valence-electron chi connectivity index (χ1n) is 11.2. The number of carbonyl (C=O) groups excluding carboxylic acids is 1. The highest BCUT2D eigenvalue weighted by Gasteiger charge is 2.32. The number of rotatable bonds is 6. The van der Waals surface area contributed by atoms with Crippen molar-refractivity contribution in [1.82, 2.24) is 9.55 Å². The van der Waals surface area contributed by atoms with E-state index < -0.39 is 22.9 Å². The molecule has 0 radical (unpaired) electrons. The SMILES string of the molecule is O=C(Nc1cc(C(F)(F)F)ccc1Cl)C(Sc1nc2ccccc2n1-c1ccccc1)c1ccccc1. The maximum atomic E-state index is 13.6. The van der Waals surface area contributed by atoms with Crippen LogP contribution in [0.5, 0.6) is 0 Å². The van der Waals surface area contributed by atoms with Gasteiger partial charge in [-0.25, -0.2) is 4.98 Å². The zero-order valence-corrected chi connectivity index (χ0v) is 20.7. The number of para-hydroxylation sites is 3. The van der Waals surface area contributed by atoms with Crippen LogP contribution in [0.3, 0.4) is 0 Å². The van der Waals surface area contributed by atoms with Crippen molar-refractivity contribution in [3.8, 4) is 5.69 Å². The molecule has 0 aliphatic carbocycles. The van der Waals surface area contributed by atoms with Gasteiger partial charge in [0, 0.05) is 5.69 Å². The Hall–Kier alpha value is -3.75. The lowest BCUT2D eigenvalue weighted by Crippen LogP contribution is -2.20. The average molecular weight is 538 g/mol. The first-order chi connectivity index (χ1) is 17.8. The highest BCUT2D eigenvalue weighted by Crippen LogP contribution is 2.40. The van der Waals surface area contributed by atoms with Crippen LogP contribution in [0.15, 0.2) is 108 Å². The van der Waals surface area contributed by atoms with Crippen LogP contribution in [-0.4, -0.2) is 15.5 Å². The molecule has 0 aliphatic rings. The van der Waals surface area contributed by atoms with E-state index in [1.807, 2.05) is 65.2 Å². The van der Waals surface area contributed by atoms with Crippen LogP contribution >= 0.6 is 23.4 Å². The largest absolute Gasteiger partial charge is 0.416 e. The molecule has 0 fully saturated rings. The van der Waals surface area contributed by atoms with Crippen molar-refractivity contribution >= 4 is 46.0 Å². The van der Waals surface area contributed by atoms with E-state index in [9.17, 15) is 18.0 Å². The van der Waals surface area contributed by atoms with Gasteiger partial charge in [0.15, 0.2) is 5.16 Å². The fraction of sp³-hybridized carbons (Fsp3) is 0.0714. The summed E-state index contributed by atoms with van der Waals surface area (Å²) in [5, 5.41) is 2.35. The number of nitrogens with one attached hydrogen (secondary N) is 1. The number of hydrogen-bond acceptors (Lipinski definition) is 3. The minimum atomic E-state index is -4.57. The molecule has 4 aromatic carbocycles. The summed E-state index contributed by atoms with van der Waals surface area (Å²) in [6, 6.07) is 29.1. The molecule has 1 N–H and O–H groups in total. The molecule has 1 heterocycles. The van der Waals surface area contributed by atoms with Gasteiger partial charge in [-0.15, -0.1) is 0 Å². The summed E-state index contributed by atoms with van der Waals surface area (Å²) in [5.41, 5.74) is 2.14. The molecule has 5 rings (SSSR count). The predicted octanol–water partition coefficient (Wildman–Crippen LogP) is 8.17. The first kappa shape index (κ1) is 24.9. The van der Waals surface area contributed by atoms with Crippen molar-refractivity contribution in [3.63, 3.8) is 0 Å². The normalized spacial score (nSPS) is 12.4. The quantitative estimate of drug-likeness (QED) is 0.222. The number of thioether (sulfide) groups is 1. The molecular weight excluding hydrogens is 519 g/mol. The Kier molecular flexibility index (Phi) is 6.95. The summed E-state index contributed by atoms with van der Waals surface area (Å²) in [6.45, 7) is 0. The number of carbonyl (C=O) groups is 1. The van der Waals surface area contributed by atoms with E-state index in [1.54, 1.807) is 24.3 Å². The van der Waals surface area contributed by atoms with Crippen LogP contribution in [0.2, 0.25) is 5.02 Å². The van der Waals surface area contributed by atoms with E-state index >= 15 is 0 Å². The second-order valence-corrected chi connectivity index (χ2v) is 9.62. The number of benzene rings is 4. The lowest BCUT2D eigenvalue weighted by Gasteiger charge is -2.19. The number of hydrogen-bond donors (Lipinski definition) is 1. The number of fused-ring (bicyclic) bond motifs is 1. The van der Waals surface area contributed by atoms with Gasteiger partial charge in [0.05, 0.1) is 27.3 Å². The molecule has 0 aliphatic heterocycles. The van der Waals surface area contributed by atoms with Crippen LogP contribution in [0.25, 0.3) is 16.7 Å². The Morgan fingerprint density at radius 2 is 1.54 bits per heavy atom. The van der Waals surface area contributed by atoms with Gasteiger partial charge in [0.1, 0.15) is 5.25 Å². The van der Waals surface area contributed by atoms with Gasteiger partial charge in [-0.05, 0) is 48.0 Å². The van der Waals surface area contributed by atoms with Crippen LogP contribution in [0, 0.1) is 0 Å². The molecule has 1 unspecified atom stereocenters. The molecule has 1 atom stereocenters.